The van der Waals surface area contributed by atoms with Gasteiger partial charge in [-0.05, 0) is 24.0 Å². The van der Waals surface area contributed by atoms with Gasteiger partial charge in [-0.3, -0.25) is 0 Å². The zero-order valence-electron chi connectivity index (χ0n) is 10.6. The number of sulfonamides is 1. The molecular weight excluding hydrogens is 294 g/mol. The molecule has 7 heteroatoms. The maximum Gasteiger partial charge on any atom is 0.250 e. The van der Waals surface area contributed by atoms with Gasteiger partial charge in [0.1, 0.15) is 4.21 Å². The van der Waals surface area contributed by atoms with Gasteiger partial charge in [-0.1, -0.05) is 32.4 Å². The Balaban J connectivity index is 2.58. The van der Waals surface area contributed by atoms with E-state index in [0.717, 1.165) is 11.3 Å². The molecule has 0 fully saturated rings. The number of nitrogens with one attached hydrogen (secondary N) is 1. The Morgan fingerprint density at radius 3 is 2.50 bits per heavy atom. The van der Waals surface area contributed by atoms with Crippen LogP contribution in [0.3, 0.4) is 0 Å². The molecule has 1 unspecified atom stereocenters. The summed E-state index contributed by atoms with van der Waals surface area (Å²) in [5, 5.41) is 9.75. The van der Waals surface area contributed by atoms with E-state index in [2.05, 4.69) is 4.72 Å². The first kappa shape index (κ1) is 15.9. The Labute approximate surface area is 117 Å². The van der Waals surface area contributed by atoms with Gasteiger partial charge < -0.3 is 5.11 Å². The van der Waals surface area contributed by atoms with E-state index in [1.807, 2.05) is 20.8 Å². The van der Waals surface area contributed by atoms with Gasteiger partial charge in [-0.25, -0.2) is 13.1 Å². The van der Waals surface area contributed by atoms with Crippen LogP contribution in [-0.2, 0) is 10.0 Å². The fraction of sp³-hybridized carbons (Fsp3) is 0.636. The average Bonchev–Trinajstić information content (AvgIpc) is 2.60. The van der Waals surface area contributed by atoms with Crippen LogP contribution >= 0.6 is 22.9 Å². The Hall–Kier alpha value is -0.140. The summed E-state index contributed by atoms with van der Waals surface area (Å²) in [6.07, 6.45) is -0.170. The van der Waals surface area contributed by atoms with Crippen molar-refractivity contribution in [2.45, 2.75) is 37.5 Å². The van der Waals surface area contributed by atoms with Crippen molar-refractivity contribution in [3.8, 4) is 0 Å². The summed E-state index contributed by atoms with van der Waals surface area (Å²) in [6.45, 7) is 5.98. The summed E-state index contributed by atoms with van der Waals surface area (Å²) in [4.78, 5) is 0. The zero-order chi connectivity index (χ0) is 14.0. The minimum absolute atomic E-state index is 0.00905. The quantitative estimate of drug-likeness (QED) is 0.878. The smallest absolute Gasteiger partial charge is 0.250 e. The van der Waals surface area contributed by atoms with E-state index in [9.17, 15) is 13.5 Å². The Bertz CT molecular complexity index is 491. The topological polar surface area (TPSA) is 66.4 Å². The van der Waals surface area contributed by atoms with Gasteiger partial charge in [-0.2, -0.15) is 0 Å². The van der Waals surface area contributed by atoms with Crippen molar-refractivity contribution < 1.29 is 13.5 Å². The lowest BCUT2D eigenvalue weighted by molar-refractivity contribution is 0.125. The molecule has 0 aromatic carbocycles. The largest absolute Gasteiger partial charge is 0.392 e. The van der Waals surface area contributed by atoms with Crippen molar-refractivity contribution in [2.24, 2.45) is 5.41 Å². The van der Waals surface area contributed by atoms with Gasteiger partial charge >= 0.3 is 0 Å². The van der Waals surface area contributed by atoms with Gasteiger partial charge in [0.05, 0.1) is 10.4 Å². The first-order chi connectivity index (χ1) is 8.10. The molecule has 0 bridgehead atoms. The second-order valence-corrected chi connectivity index (χ2v) is 9.04. The molecular formula is C11H18ClNO3S2. The fourth-order valence-electron chi connectivity index (χ4n) is 1.50. The molecule has 1 rings (SSSR count). The van der Waals surface area contributed by atoms with Gasteiger partial charge in [0.25, 0.3) is 0 Å². The van der Waals surface area contributed by atoms with Crippen molar-refractivity contribution >= 4 is 33.0 Å². The number of aliphatic hydroxyl groups is 1. The minimum atomic E-state index is -3.57. The van der Waals surface area contributed by atoms with E-state index in [-0.39, 0.29) is 16.2 Å². The molecule has 0 aliphatic rings. The number of hydrogen-bond donors (Lipinski definition) is 2. The predicted octanol–water partition coefficient (Wildman–Crippen LogP) is 2.48. The van der Waals surface area contributed by atoms with Crippen LogP contribution in [0.15, 0.2) is 16.3 Å². The normalized spacial score (nSPS) is 14.7. The summed E-state index contributed by atoms with van der Waals surface area (Å²) < 4.78 is 26.7. The Morgan fingerprint density at radius 1 is 1.44 bits per heavy atom. The molecule has 1 aromatic rings. The molecule has 1 heterocycles. The standard InChI is InChI=1S/C11H18ClNO3S2/c1-11(2,3)6-8(14)7-13-18(15,16)10-5-4-9(12)17-10/h4-5,8,13-14H,6-7H2,1-3H3. The van der Waals surface area contributed by atoms with Gasteiger partial charge in [0.15, 0.2) is 0 Å². The van der Waals surface area contributed by atoms with Gasteiger partial charge in [0, 0.05) is 6.54 Å². The molecule has 1 atom stereocenters. The van der Waals surface area contributed by atoms with Gasteiger partial charge in [0.2, 0.25) is 10.0 Å². The fourth-order valence-corrected chi connectivity index (χ4v) is 4.10. The molecule has 0 amide bonds. The Kier molecular flexibility index (Phi) is 5.20. The molecule has 0 radical (unpaired) electrons. The van der Waals surface area contributed by atoms with Gasteiger partial charge in [-0.15, -0.1) is 11.3 Å². The highest BCUT2D eigenvalue weighted by molar-refractivity contribution is 7.91. The first-order valence-corrected chi connectivity index (χ1v) is 8.21. The van der Waals surface area contributed by atoms with Crippen LogP contribution in [0.2, 0.25) is 4.34 Å². The number of rotatable bonds is 5. The minimum Gasteiger partial charge on any atom is -0.392 e. The molecule has 0 saturated carbocycles. The molecule has 2 N–H and O–H groups in total. The highest BCUT2D eigenvalue weighted by Gasteiger charge is 2.21. The van der Waals surface area contributed by atoms with E-state index in [0.29, 0.717) is 10.8 Å². The summed E-state index contributed by atoms with van der Waals surface area (Å²) >= 11 is 6.69. The van der Waals surface area contributed by atoms with Crippen molar-refractivity contribution in [3.63, 3.8) is 0 Å². The van der Waals surface area contributed by atoms with Crippen molar-refractivity contribution in [1.29, 1.82) is 0 Å². The summed E-state index contributed by atoms with van der Waals surface area (Å²) in [5.74, 6) is 0. The lowest BCUT2D eigenvalue weighted by Crippen LogP contribution is -2.33. The molecule has 0 aliphatic heterocycles. The van der Waals surface area contributed by atoms with E-state index >= 15 is 0 Å². The molecule has 1 aromatic heterocycles. The average molecular weight is 312 g/mol. The van der Waals surface area contributed by atoms with Crippen LogP contribution in [0, 0.1) is 5.41 Å². The zero-order valence-corrected chi connectivity index (χ0v) is 13.0. The third kappa shape index (κ3) is 5.24. The van der Waals surface area contributed by atoms with Crippen molar-refractivity contribution in [1.82, 2.24) is 4.72 Å². The molecule has 104 valence electrons. The third-order valence-electron chi connectivity index (χ3n) is 2.17. The second-order valence-electron chi connectivity index (χ2n) is 5.33. The summed E-state index contributed by atoms with van der Waals surface area (Å²) in [7, 11) is -3.57. The van der Waals surface area contributed by atoms with Crippen LogP contribution < -0.4 is 4.72 Å². The first-order valence-electron chi connectivity index (χ1n) is 5.53. The predicted molar refractivity (Wildman–Crippen MR) is 74.6 cm³/mol. The monoisotopic (exact) mass is 311 g/mol. The number of aliphatic hydroxyl groups excluding tert-OH is 1. The Morgan fingerprint density at radius 2 is 2.06 bits per heavy atom. The van der Waals surface area contributed by atoms with E-state index < -0.39 is 16.1 Å². The molecule has 0 spiro atoms. The van der Waals surface area contributed by atoms with Crippen LogP contribution in [0.4, 0.5) is 0 Å². The highest BCUT2D eigenvalue weighted by atomic mass is 35.5. The number of halogens is 1. The van der Waals surface area contributed by atoms with Crippen LogP contribution in [0.5, 0.6) is 0 Å². The lowest BCUT2D eigenvalue weighted by Gasteiger charge is -2.22. The van der Waals surface area contributed by atoms with Crippen LogP contribution in [-0.4, -0.2) is 26.2 Å². The number of thiophene rings is 1. The number of hydrogen-bond acceptors (Lipinski definition) is 4. The maximum atomic E-state index is 11.8. The lowest BCUT2D eigenvalue weighted by atomic mass is 9.89. The van der Waals surface area contributed by atoms with E-state index in [1.165, 1.54) is 12.1 Å². The summed E-state index contributed by atoms with van der Waals surface area (Å²) in [5.41, 5.74) is -0.0445. The molecule has 4 nitrogen and oxygen atoms in total. The van der Waals surface area contributed by atoms with E-state index in [1.54, 1.807) is 0 Å². The van der Waals surface area contributed by atoms with Crippen LogP contribution in [0.25, 0.3) is 0 Å². The maximum absolute atomic E-state index is 11.8. The molecule has 18 heavy (non-hydrogen) atoms. The van der Waals surface area contributed by atoms with Crippen molar-refractivity contribution in [3.05, 3.63) is 16.5 Å². The summed E-state index contributed by atoms with van der Waals surface area (Å²) in [6, 6.07) is 2.98. The van der Waals surface area contributed by atoms with Crippen LogP contribution in [0.1, 0.15) is 27.2 Å². The van der Waals surface area contributed by atoms with Crippen molar-refractivity contribution in [2.75, 3.05) is 6.54 Å². The van der Waals surface area contributed by atoms with E-state index in [4.69, 9.17) is 11.6 Å². The highest BCUT2D eigenvalue weighted by Crippen LogP contribution is 2.25. The SMILES string of the molecule is CC(C)(C)CC(O)CNS(=O)(=O)c1ccc(Cl)s1. The second kappa shape index (κ2) is 5.88. The molecule has 0 saturated heterocycles. The molecule has 0 aliphatic carbocycles. The third-order valence-corrected chi connectivity index (χ3v) is 5.32.